The molecule has 0 bridgehead atoms. The Labute approximate surface area is 144 Å². The predicted molar refractivity (Wildman–Crippen MR) is 93.8 cm³/mol. The molecule has 0 saturated carbocycles. The van der Waals surface area contributed by atoms with Crippen LogP contribution in [0.4, 0.5) is 10.5 Å². The maximum atomic E-state index is 12.7. The second-order valence-corrected chi connectivity index (χ2v) is 5.87. The average Bonchev–Trinajstić information content (AvgIpc) is 3.27. The molecule has 25 heavy (non-hydrogen) atoms. The van der Waals surface area contributed by atoms with Crippen molar-refractivity contribution in [2.75, 3.05) is 11.4 Å². The van der Waals surface area contributed by atoms with Crippen molar-refractivity contribution in [1.82, 2.24) is 15.1 Å². The van der Waals surface area contributed by atoms with Crippen molar-refractivity contribution in [2.45, 2.75) is 6.54 Å². The van der Waals surface area contributed by atoms with E-state index < -0.39 is 0 Å². The molecule has 1 aliphatic heterocycles. The van der Waals surface area contributed by atoms with Gasteiger partial charge >= 0.3 is 6.03 Å². The lowest BCUT2D eigenvalue weighted by Gasteiger charge is -2.17. The van der Waals surface area contributed by atoms with Gasteiger partial charge in [-0.15, -0.1) is 0 Å². The maximum absolute atomic E-state index is 12.7. The van der Waals surface area contributed by atoms with Crippen LogP contribution in [0.2, 0.25) is 0 Å². The Kier molecular flexibility index (Phi) is 3.78. The zero-order chi connectivity index (χ0) is 17.2. The number of urea groups is 1. The minimum atomic E-state index is -0.287. The van der Waals surface area contributed by atoms with Gasteiger partial charge in [0.05, 0.1) is 12.7 Å². The van der Waals surface area contributed by atoms with Crippen LogP contribution in [0, 0.1) is 0 Å². The Bertz CT molecular complexity index is 889. The fourth-order valence-electron chi connectivity index (χ4n) is 2.91. The molecule has 124 valence electrons. The summed E-state index contributed by atoms with van der Waals surface area (Å²) in [6.07, 6.45) is 3.54. The lowest BCUT2D eigenvalue weighted by Crippen LogP contribution is -2.32. The number of benzene rings is 2. The molecule has 1 fully saturated rings. The van der Waals surface area contributed by atoms with Gasteiger partial charge in [0.2, 0.25) is 0 Å². The van der Waals surface area contributed by atoms with E-state index in [4.69, 9.17) is 0 Å². The Morgan fingerprint density at radius 3 is 2.40 bits per heavy atom. The normalized spacial score (nSPS) is 14.4. The summed E-state index contributed by atoms with van der Waals surface area (Å²) in [4.78, 5) is 27.7. The van der Waals surface area contributed by atoms with Crippen LogP contribution in [0.25, 0.3) is 11.1 Å². The summed E-state index contributed by atoms with van der Waals surface area (Å²) in [5.41, 5.74) is 3.61. The lowest BCUT2D eigenvalue weighted by molar-refractivity contribution is -0.125. The number of imide groups is 1. The molecule has 1 saturated heterocycles. The van der Waals surface area contributed by atoms with Gasteiger partial charge in [0, 0.05) is 17.4 Å². The minimum Gasteiger partial charge on any atom is -0.285 e. The lowest BCUT2D eigenvalue weighted by atomic mass is 10.1. The molecule has 1 aromatic heterocycles. The van der Waals surface area contributed by atoms with E-state index in [9.17, 15) is 9.59 Å². The highest BCUT2D eigenvalue weighted by molar-refractivity contribution is 6.12. The van der Waals surface area contributed by atoms with Crippen molar-refractivity contribution in [3.05, 3.63) is 72.6 Å². The highest BCUT2D eigenvalue weighted by atomic mass is 16.2. The third-order valence-corrected chi connectivity index (χ3v) is 4.25. The smallest absolute Gasteiger partial charge is 0.285 e. The van der Waals surface area contributed by atoms with Crippen molar-refractivity contribution in [1.29, 1.82) is 0 Å². The first kappa shape index (κ1) is 15.1. The van der Waals surface area contributed by atoms with E-state index in [0.29, 0.717) is 12.2 Å². The SMILES string of the molecule is O=C1CN(c2ccc(-c3cn[nH]c3)cc2)C(=O)N1Cc1ccccc1. The zero-order valence-electron chi connectivity index (χ0n) is 13.4. The molecule has 4 rings (SSSR count). The van der Waals surface area contributed by atoms with Crippen molar-refractivity contribution in [3.63, 3.8) is 0 Å². The molecular weight excluding hydrogens is 316 g/mol. The van der Waals surface area contributed by atoms with Crippen molar-refractivity contribution in [2.24, 2.45) is 0 Å². The highest BCUT2D eigenvalue weighted by Crippen LogP contribution is 2.26. The van der Waals surface area contributed by atoms with Gasteiger partial charge < -0.3 is 0 Å². The van der Waals surface area contributed by atoms with Gasteiger partial charge in [-0.3, -0.25) is 19.7 Å². The fraction of sp³-hybridized carbons (Fsp3) is 0.105. The number of nitrogens with zero attached hydrogens (tertiary/aromatic N) is 3. The fourth-order valence-corrected chi connectivity index (χ4v) is 2.91. The monoisotopic (exact) mass is 332 g/mol. The van der Waals surface area contributed by atoms with Gasteiger partial charge in [-0.2, -0.15) is 5.10 Å². The average molecular weight is 332 g/mol. The van der Waals surface area contributed by atoms with Crippen LogP contribution < -0.4 is 4.90 Å². The minimum absolute atomic E-state index is 0.0662. The number of hydrogen-bond donors (Lipinski definition) is 1. The second-order valence-electron chi connectivity index (χ2n) is 5.87. The first-order chi connectivity index (χ1) is 12.2. The molecular formula is C19H16N4O2. The zero-order valence-corrected chi connectivity index (χ0v) is 13.4. The number of aromatic amines is 1. The number of carbonyl (C=O) groups excluding carboxylic acids is 2. The molecule has 6 nitrogen and oxygen atoms in total. The summed E-state index contributed by atoms with van der Waals surface area (Å²) in [6.45, 7) is 0.360. The van der Waals surface area contributed by atoms with Crippen LogP contribution in [-0.4, -0.2) is 33.6 Å². The molecule has 6 heteroatoms. The first-order valence-electron chi connectivity index (χ1n) is 7.97. The van der Waals surface area contributed by atoms with E-state index in [1.807, 2.05) is 54.6 Å². The second kappa shape index (κ2) is 6.24. The van der Waals surface area contributed by atoms with Gasteiger partial charge in [-0.25, -0.2) is 4.79 Å². The molecule has 0 atom stereocenters. The highest BCUT2D eigenvalue weighted by Gasteiger charge is 2.36. The van der Waals surface area contributed by atoms with Crippen LogP contribution in [0.1, 0.15) is 5.56 Å². The van der Waals surface area contributed by atoms with Crippen molar-refractivity contribution < 1.29 is 9.59 Å². The molecule has 2 aromatic carbocycles. The van der Waals surface area contributed by atoms with E-state index in [-0.39, 0.29) is 18.5 Å². The van der Waals surface area contributed by atoms with Crippen LogP contribution in [-0.2, 0) is 11.3 Å². The van der Waals surface area contributed by atoms with Crippen molar-refractivity contribution in [3.8, 4) is 11.1 Å². The number of aromatic nitrogens is 2. The Morgan fingerprint density at radius 2 is 1.72 bits per heavy atom. The van der Waals surface area contributed by atoms with E-state index in [0.717, 1.165) is 16.7 Å². The molecule has 3 amide bonds. The topological polar surface area (TPSA) is 69.3 Å². The molecule has 0 aliphatic carbocycles. The van der Waals surface area contributed by atoms with Gasteiger partial charge in [-0.05, 0) is 23.3 Å². The standard InChI is InChI=1S/C19H16N4O2/c24-18-13-22(19(25)23(18)12-14-4-2-1-3-5-14)17-8-6-15(7-9-17)16-10-20-21-11-16/h1-11H,12-13H2,(H,20,21). The van der Waals surface area contributed by atoms with Gasteiger partial charge in [0.1, 0.15) is 6.54 Å². The number of H-pyrrole nitrogens is 1. The molecule has 1 N–H and O–H groups in total. The summed E-state index contributed by atoms with van der Waals surface area (Å²) >= 11 is 0. The Morgan fingerprint density at radius 1 is 0.960 bits per heavy atom. The van der Waals surface area contributed by atoms with E-state index in [2.05, 4.69) is 10.2 Å². The largest absolute Gasteiger partial charge is 0.332 e. The summed E-state index contributed by atoms with van der Waals surface area (Å²) in [7, 11) is 0. The number of nitrogens with one attached hydrogen (secondary N) is 1. The molecule has 0 spiro atoms. The predicted octanol–water partition coefficient (Wildman–Crippen LogP) is 3.05. The van der Waals surface area contributed by atoms with Crippen LogP contribution in [0.15, 0.2) is 67.0 Å². The molecule has 0 unspecified atom stereocenters. The van der Waals surface area contributed by atoms with Gasteiger partial charge in [-0.1, -0.05) is 42.5 Å². The molecule has 0 radical (unpaired) electrons. The van der Waals surface area contributed by atoms with Crippen molar-refractivity contribution >= 4 is 17.6 Å². The third kappa shape index (κ3) is 2.89. The summed E-state index contributed by atoms with van der Waals surface area (Å²) in [6, 6.07) is 16.7. The van der Waals surface area contributed by atoms with Gasteiger partial charge in [0.15, 0.2) is 0 Å². The van der Waals surface area contributed by atoms with Crippen LogP contribution in [0.3, 0.4) is 0 Å². The summed E-state index contributed by atoms with van der Waals surface area (Å²) in [5, 5.41) is 6.70. The first-order valence-corrected chi connectivity index (χ1v) is 7.97. The third-order valence-electron chi connectivity index (χ3n) is 4.25. The maximum Gasteiger partial charge on any atom is 0.332 e. The van der Waals surface area contributed by atoms with Gasteiger partial charge in [0.25, 0.3) is 5.91 Å². The number of amides is 3. The quantitative estimate of drug-likeness (QED) is 0.747. The summed E-state index contributed by atoms with van der Waals surface area (Å²) in [5.74, 6) is -0.187. The number of carbonyl (C=O) groups is 2. The number of anilines is 1. The summed E-state index contributed by atoms with van der Waals surface area (Å²) < 4.78 is 0. The molecule has 2 heterocycles. The Hall–Kier alpha value is -3.41. The Balaban J connectivity index is 1.53. The van der Waals surface area contributed by atoms with Crippen LogP contribution in [0.5, 0.6) is 0 Å². The van der Waals surface area contributed by atoms with E-state index >= 15 is 0 Å². The number of hydrogen-bond acceptors (Lipinski definition) is 3. The molecule has 3 aromatic rings. The molecule has 1 aliphatic rings. The van der Waals surface area contributed by atoms with E-state index in [1.54, 1.807) is 12.4 Å². The number of rotatable bonds is 4. The van der Waals surface area contributed by atoms with E-state index in [1.165, 1.54) is 9.80 Å². The van der Waals surface area contributed by atoms with Crippen LogP contribution >= 0.6 is 0 Å².